The first-order valence-corrected chi connectivity index (χ1v) is 4.73. The maximum absolute atomic E-state index is 11.2. The van der Waals surface area contributed by atoms with Gasteiger partial charge in [0.25, 0.3) is 0 Å². The molecule has 0 aliphatic rings. The van der Waals surface area contributed by atoms with Gasteiger partial charge in [-0.15, -0.1) is 0 Å². The zero-order chi connectivity index (χ0) is 8.27. The highest BCUT2D eigenvalue weighted by atomic mass is 32.2. The summed E-state index contributed by atoms with van der Waals surface area (Å²) in [5, 5.41) is 8.91. The van der Waals surface area contributed by atoms with E-state index in [1.165, 1.54) is 0 Å². The SMILES string of the molecule is CC[S@@](=O)c1ccc(O)cc1. The lowest BCUT2D eigenvalue weighted by Gasteiger charge is -1.97. The molecule has 0 spiro atoms. The van der Waals surface area contributed by atoms with Gasteiger partial charge in [0.1, 0.15) is 5.75 Å². The summed E-state index contributed by atoms with van der Waals surface area (Å²) in [7, 11) is -0.910. The molecule has 60 valence electrons. The minimum Gasteiger partial charge on any atom is -0.508 e. The van der Waals surface area contributed by atoms with E-state index in [1.54, 1.807) is 24.3 Å². The smallest absolute Gasteiger partial charge is 0.115 e. The Hall–Kier alpha value is -0.830. The summed E-state index contributed by atoms with van der Waals surface area (Å²) in [6, 6.07) is 6.44. The van der Waals surface area contributed by atoms with E-state index >= 15 is 0 Å². The Bertz CT molecular complexity index is 253. The largest absolute Gasteiger partial charge is 0.508 e. The van der Waals surface area contributed by atoms with Crippen LogP contribution in [0.15, 0.2) is 29.2 Å². The van der Waals surface area contributed by atoms with Gasteiger partial charge in [0, 0.05) is 10.6 Å². The fourth-order valence-corrected chi connectivity index (χ4v) is 1.54. The molecule has 1 aromatic rings. The van der Waals surface area contributed by atoms with Crippen molar-refractivity contribution in [2.45, 2.75) is 11.8 Å². The van der Waals surface area contributed by atoms with Crippen molar-refractivity contribution in [3.8, 4) is 5.75 Å². The normalized spacial score (nSPS) is 12.8. The number of hydrogen-bond acceptors (Lipinski definition) is 2. The van der Waals surface area contributed by atoms with Crippen LogP contribution < -0.4 is 0 Å². The number of hydrogen-bond donors (Lipinski definition) is 1. The van der Waals surface area contributed by atoms with Crippen molar-refractivity contribution in [2.24, 2.45) is 0 Å². The van der Waals surface area contributed by atoms with E-state index in [-0.39, 0.29) is 5.75 Å². The van der Waals surface area contributed by atoms with Crippen LogP contribution in [0, 0.1) is 0 Å². The molecule has 0 fully saturated rings. The van der Waals surface area contributed by atoms with E-state index in [4.69, 9.17) is 5.11 Å². The van der Waals surface area contributed by atoms with E-state index < -0.39 is 10.8 Å². The highest BCUT2D eigenvalue weighted by molar-refractivity contribution is 7.85. The molecule has 0 radical (unpaired) electrons. The average Bonchev–Trinajstić information content (AvgIpc) is 2.05. The van der Waals surface area contributed by atoms with Crippen molar-refractivity contribution < 1.29 is 9.32 Å². The second-order valence-electron chi connectivity index (χ2n) is 2.13. The average molecular weight is 170 g/mol. The fourth-order valence-electron chi connectivity index (χ4n) is 0.765. The Labute approximate surface area is 68.3 Å². The highest BCUT2D eigenvalue weighted by Gasteiger charge is 1.98. The molecular formula is C8H10O2S. The van der Waals surface area contributed by atoms with E-state index in [1.807, 2.05) is 6.92 Å². The van der Waals surface area contributed by atoms with E-state index in [2.05, 4.69) is 0 Å². The van der Waals surface area contributed by atoms with Gasteiger partial charge >= 0.3 is 0 Å². The molecule has 1 aromatic carbocycles. The summed E-state index contributed by atoms with van der Waals surface area (Å²) in [6.07, 6.45) is 0. The zero-order valence-electron chi connectivity index (χ0n) is 6.28. The molecule has 0 aromatic heterocycles. The number of phenols is 1. The number of phenolic OH excluding ortho intramolecular Hbond substituents is 1. The first kappa shape index (κ1) is 8.27. The van der Waals surface area contributed by atoms with Gasteiger partial charge in [0.2, 0.25) is 0 Å². The van der Waals surface area contributed by atoms with Crippen LogP contribution >= 0.6 is 0 Å². The van der Waals surface area contributed by atoms with Gasteiger partial charge < -0.3 is 5.11 Å². The lowest BCUT2D eigenvalue weighted by molar-refractivity contribution is 0.475. The van der Waals surface area contributed by atoms with Gasteiger partial charge in [-0.1, -0.05) is 6.92 Å². The molecule has 0 bridgehead atoms. The second-order valence-corrected chi connectivity index (χ2v) is 3.87. The van der Waals surface area contributed by atoms with Gasteiger partial charge in [-0.25, -0.2) is 0 Å². The highest BCUT2D eigenvalue weighted by Crippen LogP contribution is 2.12. The van der Waals surface area contributed by atoms with Gasteiger partial charge in [0.05, 0.1) is 10.8 Å². The summed E-state index contributed by atoms with van der Waals surface area (Å²) in [5.41, 5.74) is 0. The van der Waals surface area contributed by atoms with E-state index in [0.717, 1.165) is 4.90 Å². The van der Waals surface area contributed by atoms with Crippen LogP contribution in [0.3, 0.4) is 0 Å². The summed E-state index contributed by atoms with van der Waals surface area (Å²) in [4.78, 5) is 0.769. The molecule has 2 nitrogen and oxygen atoms in total. The van der Waals surface area contributed by atoms with Crippen LogP contribution in [-0.4, -0.2) is 15.1 Å². The molecule has 1 atom stereocenters. The Morgan fingerprint density at radius 3 is 2.36 bits per heavy atom. The Morgan fingerprint density at radius 2 is 1.91 bits per heavy atom. The molecule has 11 heavy (non-hydrogen) atoms. The topological polar surface area (TPSA) is 37.3 Å². The lowest BCUT2D eigenvalue weighted by Crippen LogP contribution is -1.92. The minimum absolute atomic E-state index is 0.210. The molecule has 0 amide bonds. The summed E-state index contributed by atoms with van der Waals surface area (Å²) in [5.74, 6) is 0.826. The minimum atomic E-state index is -0.910. The Balaban J connectivity index is 2.90. The third kappa shape index (κ3) is 2.05. The molecular weight excluding hydrogens is 160 g/mol. The molecule has 0 saturated heterocycles. The summed E-state index contributed by atoms with van der Waals surface area (Å²) in [6.45, 7) is 1.86. The van der Waals surface area contributed by atoms with Crippen molar-refractivity contribution in [2.75, 3.05) is 5.75 Å². The summed E-state index contributed by atoms with van der Waals surface area (Å²) < 4.78 is 11.2. The number of rotatable bonds is 2. The molecule has 0 aliphatic carbocycles. The first-order valence-electron chi connectivity index (χ1n) is 3.41. The van der Waals surface area contributed by atoms with Crippen LogP contribution in [0.2, 0.25) is 0 Å². The van der Waals surface area contributed by atoms with Gasteiger partial charge in [-0.2, -0.15) is 0 Å². The molecule has 1 rings (SSSR count). The van der Waals surface area contributed by atoms with Crippen LogP contribution in [0.5, 0.6) is 5.75 Å². The lowest BCUT2D eigenvalue weighted by atomic mass is 10.3. The third-order valence-electron chi connectivity index (χ3n) is 1.36. The molecule has 1 N–H and O–H groups in total. The standard InChI is InChI=1S/C8H10O2S/c1-2-11(10)8-5-3-7(9)4-6-8/h3-6,9H,2H2,1H3/t11-/m1/s1. The van der Waals surface area contributed by atoms with Crippen molar-refractivity contribution in [3.63, 3.8) is 0 Å². The predicted octanol–water partition coefficient (Wildman–Crippen LogP) is 1.52. The van der Waals surface area contributed by atoms with Crippen molar-refractivity contribution in [3.05, 3.63) is 24.3 Å². The van der Waals surface area contributed by atoms with Crippen molar-refractivity contribution >= 4 is 10.8 Å². The molecule has 0 aliphatic heterocycles. The van der Waals surface area contributed by atoms with Crippen LogP contribution in [0.4, 0.5) is 0 Å². The monoisotopic (exact) mass is 170 g/mol. The quantitative estimate of drug-likeness (QED) is 0.730. The Kier molecular flexibility index (Phi) is 2.65. The zero-order valence-corrected chi connectivity index (χ0v) is 7.10. The van der Waals surface area contributed by atoms with E-state index in [9.17, 15) is 4.21 Å². The van der Waals surface area contributed by atoms with Gasteiger partial charge in [0.15, 0.2) is 0 Å². The number of aromatic hydroxyl groups is 1. The van der Waals surface area contributed by atoms with Crippen LogP contribution in [0.1, 0.15) is 6.92 Å². The molecule has 0 heterocycles. The maximum Gasteiger partial charge on any atom is 0.115 e. The fraction of sp³-hybridized carbons (Fsp3) is 0.250. The van der Waals surface area contributed by atoms with Crippen molar-refractivity contribution in [1.29, 1.82) is 0 Å². The van der Waals surface area contributed by atoms with Gasteiger partial charge in [-0.05, 0) is 24.3 Å². The second kappa shape index (κ2) is 3.53. The van der Waals surface area contributed by atoms with Crippen molar-refractivity contribution in [1.82, 2.24) is 0 Å². The van der Waals surface area contributed by atoms with Crippen LogP contribution in [0.25, 0.3) is 0 Å². The molecule has 0 unspecified atom stereocenters. The maximum atomic E-state index is 11.2. The Morgan fingerprint density at radius 1 is 1.36 bits per heavy atom. The number of benzene rings is 1. The predicted molar refractivity (Wildman–Crippen MR) is 45.1 cm³/mol. The van der Waals surface area contributed by atoms with Gasteiger partial charge in [-0.3, -0.25) is 4.21 Å². The third-order valence-corrected chi connectivity index (χ3v) is 2.68. The molecule has 3 heteroatoms. The van der Waals surface area contributed by atoms with Crippen LogP contribution in [-0.2, 0) is 10.8 Å². The molecule has 0 saturated carbocycles. The summed E-state index contributed by atoms with van der Waals surface area (Å²) >= 11 is 0. The van der Waals surface area contributed by atoms with E-state index in [0.29, 0.717) is 5.75 Å². The first-order chi connectivity index (χ1) is 5.24.